The van der Waals surface area contributed by atoms with Crippen LogP contribution in [0.3, 0.4) is 0 Å². The summed E-state index contributed by atoms with van der Waals surface area (Å²) in [5.41, 5.74) is 1.34. The number of aryl methyl sites for hydroxylation is 1. The first kappa shape index (κ1) is 15.5. The molecule has 0 aromatic carbocycles. The van der Waals surface area contributed by atoms with E-state index in [1.165, 1.54) is 5.56 Å². The second kappa shape index (κ2) is 6.29. The van der Waals surface area contributed by atoms with Crippen LogP contribution in [0.15, 0.2) is 10.5 Å². The van der Waals surface area contributed by atoms with Crippen molar-refractivity contribution in [3.05, 3.63) is 23.2 Å². The third kappa shape index (κ3) is 3.84. The van der Waals surface area contributed by atoms with Gasteiger partial charge in [-0.3, -0.25) is 4.90 Å². The zero-order valence-corrected chi connectivity index (χ0v) is 13.5. The molecular weight excluding hydrogens is 252 g/mol. The predicted molar refractivity (Wildman–Crippen MR) is 80.7 cm³/mol. The average Bonchev–Trinajstić information content (AvgIpc) is 2.70. The first-order valence-corrected chi connectivity index (χ1v) is 7.53. The summed E-state index contributed by atoms with van der Waals surface area (Å²) < 4.78 is 11.5. The smallest absolute Gasteiger partial charge is 0.118 e. The van der Waals surface area contributed by atoms with Crippen LogP contribution in [-0.4, -0.2) is 36.2 Å². The quantitative estimate of drug-likeness (QED) is 0.900. The summed E-state index contributed by atoms with van der Waals surface area (Å²) in [4.78, 5) is 2.44. The lowest BCUT2D eigenvalue weighted by Crippen LogP contribution is -2.52. The van der Waals surface area contributed by atoms with E-state index in [-0.39, 0.29) is 5.54 Å². The molecule has 1 aromatic rings. The second-order valence-electron chi connectivity index (χ2n) is 6.62. The number of nitrogens with one attached hydrogen (secondary N) is 1. The van der Waals surface area contributed by atoms with Gasteiger partial charge >= 0.3 is 0 Å². The van der Waals surface area contributed by atoms with Crippen molar-refractivity contribution >= 4 is 0 Å². The first-order valence-electron chi connectivity index (χ1n) is 7.53. The van der Waals surface area contributed by atoms with E-state index >= 15 is 0 Å². The summed E-state index contributed by atoms with van der Waals surface area (Å²) in [6.07, 6.45) is 0. The largest absolute Gasteiger partial charge is 0.465 e. The summed E-state index contributed by atoms with van der Waals surface area (Å²) in [5.74, 6) is 2.08. The first-order chi connectivity index (χ1) is 9.38. The molecule has 114 valence electrons. The van der Waals surface area contributed by atoms with E-state index in [4.69, 9.17) is 9.15 Å². The number of nitrogens with zero attached hydrogens (tertiary/aromatic N) is 1. The predicted octanol–water partition coefficient (Wildman–Crippen LogP) is 2.70. The highest BCUT2D eigenvalue weighted by Gasteiger charge is 2.31. The van der Waals surface area contributed by atoms with Gasteiger partial charge in [-0.1, -0.05) is 13.8 Å². The Morgan fingerprint density at radius 3 is 2.80 bits per heavy atom. The molecule has 0 atom stereocenters. The van der Waals surface area contributed by atoms with Crippen molar-refractivity contribution in [3.8, 4) is 0 Å². The fourth-order valence-electron chi connectivity index (χ4n) is 2.53. The molecule has 4 nitrogen and oxygen atoms in total. The molecule has 1 N–H and O–H groups in total. The van der Waals surface area contributed by atoms with E-state index in [1.807, 2.05) is 6.92 Å². The number of hydrogen-bond acceptors (Lipinski definition) is 4. The van der Waals surface area contributed by atoms with Crippen molar-refractivity contribution in [2.75, 3.05) is 19.8 Å². The highest BCUT2D eigenvalue weighted by Crippen LogP contribution is 2.23. The molecule has 0 saturated carbocycles. The zero-order chi connectivity index (χ0) is 14.8. The standard InChI is InChI=1S/C16H28N2O2/c1-12(2)17-9-14-8-15(20-13(14)3)10-18-6-7-19-11-16(18,4)5/h8,12,17H,6-7,9-11H2,1-5H3. The second-order valence-corrected chi connectivity index (χ2v) is 6.62. The number of furan rings is 1. The number of morpholine rings is 1. The van der Waals surface area contributed by atoms with Crippen LogP contribution in [0.25, 0.3) is 0 Å². The Balaban J connectivity index is 2.01. The van der Waals surface area contributed by atoms with E-state index in [0.29, 0.717) is 6.04 Å². The van der Waals surface area contributed by atoms with Crippen LogP contribution in [0.1, 0.15) is 44.8 Å². The van der Waals surface area contributed by atoms with Gasteiger partial charge in [0.25, 0.3) is 0 Å². The lowest BCUT2D eigenvalue weighted by Gasteiger charge is -2.41. The third-order valence-corrected chi connectivity index (χ3v) is 3.94. The van der Waals surface area contributed by atoms with Gasteiger partial charge in [0.2, 0.25) is 0 Å². The molecule has 1 aromatic heterocycles. The minimum atomic E-state index is 0.0787. The van der Waals surface area contributed by atoms with Crippen molar-refractivity contribution in [1.82, 2.24) is 10.2 Å². The molecule has 2 heterocycles. The van der Waals surface area contributed by atoms with E-state index in [9.17, 15) is 0 Å². The SMILES string of the molecule is Cc1oc(CN2CCOCC2(C)C)cc1CNC(C)C. The van der Waals surface area contributed by atoms with Gasteiger partial charge in [-0.05, 0) is 26.8 Å². The van der Waals surface area contributed by atoms with Crippen LogP contribution in [0.4, 0.5) is 0 Å². The number of hydrogen-bond donors (Lipinski definition) is 1. The molecule has 2 rings (SSSR count). The molecule has 0 aliphatic carbocycles. The topological polar surface area (TPSA) is 37.6 Å². The normalized spacial score (nSPS) is 19.7. The minimum absolute atomic E-state index is 0.0787. The Labute approximate surface area is 122 Å². The minimum Gasteiger partial charge on any atom is -0.465 e. The maximum atomic E-state index is 5.92. The molecule has 4 heteroatoms. The molecule has 0 bridgehead atoms. The van der Waals surface area contributed by atoms with Crippen molar-refractivity contribution in [2.24, 2.45) is 0 Å². The lowest BCUT2D eigenvalue weighted by atomic mass is 10.0. The molecule has 1 saturated heterocycles. The molecule has 1 aliphatic heterocycles. The third-order valence-electron chi connectivity index (χ3n) is 3.94. The maximum absolute atomic E-state index is 5.92. The summed E-state index contributed by atoms with van der Waals surface area (Å²) in [5, 5.41) is 3.44. The molecule has 0 spiro atoms. The Morgan fingerprint density at radius 1 is 1.40 bits per heavy atom. The van der Waals surface area contributed by atoms with Crippen LogP contribution in [0.2, 0.25) is 0 Å². The van der Waals surface area contributed by atoms with E-state index in [2.05, 4.69) is 44.0 Å². The monoisotopic (exact) mass is 280 g/mol. The Hall–Kier alpha value is -0.840. The maximum Gasteiger partial charge on any atom is 0.118 e. The van der Waals surface area contributed by atoms with Crippen molar-refractivity contribution in [1.29, 1.82) is 0 Å². The van der Waals surface area contributed by atoms with Gasteiger partial charge in [0, 0.05) is 30.2 Å². The molecule has 1 fully saturated rings. The van der Waals surface area contributed by atoms with E-state index in [1.54, 1.807) is 0 Å². The number of rotatable bonds is 5. The zero-order valence-electron chi connectivity index (χ0n) is 13.5. The van der Waals surface area contributed by atoms with Gasteiger partial charge in [0.1, 0.15) is 11.5 Å². The molecule has 1 aliphatic rings. The Kier molecular flexibility index (Phi) is 4.89. The highest BCUT2D eigenvalue weighted by atomic mass is 16.5. The lowest BCUT2D eigenvalue weighted by molar-refractivity contribution is -0.0577. The van der Waals surface area contributed by atoms with E-state index < -0.39 is 0 Å². The Morgan fingerprint density at radius 2 is 2.15 bits per heavy atom. The van der Waals surface area contributed by atoms with Gasteiger partial charge in [0.05, 0.1) is 19.8 Å². The van der Waals surface area contributed by atoms with Crippen LogP contribution in [-0.2, 0) is 17.8 Å². The Bertz CT molecular complexity index is 438. The fraction of sp³-hybridized carbons (Fsp3) is 0.750. The van der Waals surface area contributed by atoms with Crippen LogP contribution < -0.4 is 5.32 Å². The van der Waals surface area contributed by atoms with Crippen molar-refractivity contribution in [2.45, 2.75) is 59.3 Å². The molecular formula is C16H28N2O2. The van der Waals surface area contributed by atoms with E-state index in [0.717, 1.165) is 44.4 Å². The highest BCUT2D eigenvalue weighted by molar-refractivity contribution is 5.21. The van der Waals surface area contributed by atoms with Gasteiger partial charge in [-0.2, -0.15) is 0 Å². The summed E-state index contributed by atoms with van der Waals surface area (Å²) in [7, 11) is 0. The van der Waals surface area contributed by atoms with Crippen LogP contribution >= 0.6 is 0 Å². The van der Waals surface area contributed by atoms with Crippen LogP contribution in [0.5, 0.6) is 0 Å². The van der Waals surface area contributed by atoms with Gasteiger partial charge < -0.3 is 14.5 Å². The van der Waals surface area contributed by atoms with Crippen molar-refractivity contribution in [3.63, 3.8) is 0 Å². The summed E-state index contributed by atoms with van der Waals surface area (Å²) in [6, 6.07) is 2.68. The van der Waals surface area contributed by atoms with Crippen molar-refractivity contribution < 1.29 is 9.15 Å². The fourth-order valence-corrected chi connectivity index (χ4v) is 2.53. The van der Waals surface area contributed by atoms with Crippen LogP contribution in [0, 0.1) is 6.92 Å². The molecule has 0 radical (unpaired) electrons. The average molecular weight is 280 g/mol. The number of ether oxygens (including phenoxy) is 1. The van der Waals surface area contributed by atoms with Gasteiger partial charge in [0.15, 0.2) is 0 Å². The summed E-state index contributed by atoms with van der Waals surface area (Å²) >= 11 is 0. The van der Waals surface area contributed by atoms with Gasteiger partial charge in [-0.25, -0.2) is 0 Å². The van der Waals surface area contributed by atoms with Gasteiger partial charge in [-0.15, -0.1) is 0 Å². The molecule has 0 amide bonds. The molecule has 0 unspecified atom stereocenters. The summed E-state index contributed by atoms with van der Waals surface area (Å²) in [6.45, 7) is 15.1. The molecule has 20 heavy (non-hydrogen) atoms.